The predicted octanol–water partition coefficient (Wildman–Crippen LogP) is 2.08. The van der Waals surface area contributed by atoms with E-state index in [0.29, 0.717) is 5.69 Å². The number of carbonyl (C=O) groups is 1. The molecule has 1 aliphatic rings. The smallest absolute Gasteiger partial charge is 0.270 e. The first kappa shape index (κ1) is 13.1. The second kappa shape index (κ2) is 5.25. The number of hydrogen-bond donors (Lipinski definition) is 1. The third-order valence-electron chi connectivity index (χ3n) is 3.82. The van der Waals surface area contributed by atoms with Gasteiger partial charge in [0.25, 0.3) is 5.91 Å². The van der Waals surface area contributed by atoms with Crippen LogP contribution in [0.15, 0.2) is 24.3 Å². The van der Waals surface area contributed by atoms with Crippen LogP contribution in [0.5, 0.6) is 0 Å². The van der Waals surface area contributed by atoms with E-state index in [1.54, 1.807) is 12.1 Å². The fraction of sp³-hybridized carbons (Fsp3) is 0.400. The van der Waals surface area contributed by atoms with Crippen LogP contribution < -0.4 is 0 Å². The molecule has 0 saturated carbocycles. The van der Waals surface area contributed by atoms with E-state index in [-0.39, 0.29) is 11.7 Å². The van der Waals surface area contributed by atoms with E-state index in [2.05, 4.69) is 16.9 Å². The number of aromatic amines is 1. The number of carbonyl (C=O) groups excluding carboxylic acids is 1. The van der Waals surface area contributed by atoms with Crippen molar-refractivity contribution in [1.82, 2.24) is 14.8 Å². The summed E-state index contributed by atoms with van der Waals surface area (Å²) < 4.78 is 13.2. The number of nitrogens with one attached hydrogen (secondary N) is 1. The first-order chi connectivity index (χ1) is 9.63. The minimum absolute atomic E-state index is 0.00286. The van der Waals surface area contributed by atoms with Crippen LogP contribution >= 0.6 is 0 Å². The van der Waals surface area contributed by atoms with Gasteiger partial charge in [0.1, 0.15) is 11.5 Å². The maximum Gasteiger partial charge on any atom is 0.270 e. The number of nitrogens with zero attached hydrogens (tertiary/aromatic N) is 2. The molecule has 2 aromatic rings. The second-order valence-electron chi connectivity index (χ2n) is 5.36. The molecule has 3 rings (SSSR count). The van der Waals surface area contributed by atoms with Crippen LogP contribution in [0.4, 0.5) is 4.39 Å². The van der Waals surface area contributed by atoms with E-state index in [1.807, 2.05) is 4.90 Å². The van der Waals surface area contributed by atoms with Gasteiger partial charge < -0.3 is 14.8 Å². The Morgan fingerprint density at radius 1 is 1.20 bits per heavy atom. The van der Waals surface area contributed by atoms with Crippen molar-refractivity contribution in [3.63, 3.8) is 0 Å². The molecule has 20 heavy (non-hydrogen) atoms. The molecule has 0 radical (unpaired) electrons. The van der Waals surface area contributed by atoms with Crippen molar-refractivity contribution in [3.8, 4) is 0 Å². The molecular weight excluding hydrogens is 257 g/mol. The van der Waals surface area contributed by atoms with E-state index < -0.39 is 0 Å². The van der Waals surface area contributed by atoms with Gasteiger partial charge in [0.15, 0.2) is 0 Å². The fourth-order valence-electron chi connectivity index (χ4n) is 2.64. The van der Waals surface area contributed by atoms with Crippen LogP contribution in [0.1, 0.15) is 16.9 Å². The molecule has 1 aromatic carbocycles. The lowest BCUT2D eigenvalue weighted by Crippen LogP contribution is -2.34. The highest BCUT2D eigenvalue weighted by atomic mass is 19.1. The summed E-state index contributed by atoms with van der Waals surface area (Å²) in [6.45, 7) is 3.41. The van der Waals surface area contributed by atoms with Crippen molar-refractivity contribution < 1.29 is 9.18 Å². The average molecular weight is 275 g/mol. The number of amides is 1. The summed E-state index contributed by atoms with van der Waals surface area (Å²) in [7, 11) is 2.07. The summed E-state index contributed by atoms with van der Waals surface area (Å²) >= 11 is 0. The zero-order valence-corrected chi connectivity index (χ0v) is 11.5. The molecular formula is C15H18FN3O. The third-order valence-corrected chi connectivity index (χ3v) is 3.82. The van der Waals surface area contributed by atoms with Gasteiger partial charge >= 0.3 is 0 Å². The molecule has 0 spiro atoms. The summed E-state index contributed by atoms with van der Waals surface area (Å²) in [5, 5.41) is 0.736. The lowest BCUT2D eigenvalue weighted by atomic mass is 10.2. The van der Waals surface area contributed by atoms with Gasteiger partial charge in [-0.25, -0.2) is 4.39 Å². The van der Waals surface area contributed by atoms with E-state index in [4.69, 9.17) is 0 Å². The fourth-order valence-corrected chi connectivity index (χ4v) is 2.64. The number of benzene rings is 1. The number of halogens is 1. The molecule has 106 valence electrons. The lowest BCUT2D eigenvalue weighted by molar-refractivity contribution is 0.0758. The summed E-state index contributed by atoms with van der Waals surface area (Å²) in [5.41, 5.74) is 1.33. The number of hydrogen-bond acceptors (Lipinski definition) is 2. The van der Waals surface area contributed by atoms with E-state index >= 15 is 0 Å². The Morgan fingerprint density at radius 3 is 2.90 bits per heavy atom. The largest absolute Gasteiger partial charge is 0.351 e. The molecule has 0 unspecified atom stereocenters. The van der Waals surface area contributed by atoms with Crippen LogP contribution in [-0.2, 0) is 0 Å². The Labute approximate surface area is 117 Å². The number of aromatic nitrogens is 1. The van der Waals surface area contributed by atoms with Gasteiger partial charge in [0.2, 0.25) is 0 Å². The Balaban J connectivity index is 1.84. The monoisotopic (exact) mass is 275 g/mol. The lowest BCUT2D eigenvalue weighted by Gasteiger charge is -2.19. The van der Waals surface area contributed by atoms with Crippen molar-refractivity contribution in [3.05, 3.63) is 35.8 Å². The zero-order chi connectivity index (χ0) is 14.1. The Hall–Kier alpha value is -1.88. The first-order valence-corrected chi connectivity index (χ1v) is 6.89. The van der Waals surface area contributed by atoms with Crippen LogP contribution in [0.3, 0.4) is 0 Å². The quantitative estimate of drug-likeness (QED) is 0.865. The summed E-state index contributed by atoms with van der Waals surface area (Å²) in [6.07, 6.45) is 0.983. The molecule has 1 aliphatic heterocycles. The maximum absolute atomic E-state index is 13.2. The molecule has 0 aliphatic carbocycles. The van der Waals surface area contributed by atoms with Crippen molar-refractivity contribution in [1.29, 1.82) is 0 Å². The minimum atomic E-state index is -0.285. The highest BCUT2D eigenvalue weighted by Gasteiger charge is 2.20. The average Bonchev–Trinajstić information content (AvgIpc) is 2.72. The van der Waals surface area contributed by atoms with Gasteiger partial charge in [-0.1, -0.05) is 0 Å². The summed E-state index contributed by atoms with van der Waals surface area (Å²) in [6, 6.07) is 6.24. The summed E-state index contributed by atoms with van der Waals surface area (Å²) in [5.74, 6) is -0.288. The summed E-state index contributed by atoms with van der Waals surface area (Å²) in [4.78, 5) is 19.7. The van der Waals surface area contributed by atoms with E-state index in [1.165, 1.54) is 12.1 Å². The Kier molecular flexibility index (Phi) is 3.44. The van der Waals surface area contributed by atoms with Gasteiger partial charge in [-0.2, -0.15) is 0 Å². The molecule has 1 aromatic heterocycles. The molecule has 2 heterocycles. The maximum atomic E-state index is 13.2. The first-order valence-electron chi connectivity index (χ1n) is 6.89. The highest BCUT2D eigenvalue weighted by molar-refractivity contribution is 5.98. The van der Waals surface area contributed by atoms with Gasteiger partial charge in [0, 0.05) is 30.5 Å². The second-order valence-corrected chi connectivity index (χ2v) is 5.36. The predicted molar refractivity (Wildman–Crippen MR) is 76.3 cm³/mol. The zero-order valence-electron chi connectivity index (χ0n) is 11.5. The molecule has 5 heteroatoms. The molecule has 1 fully saturated rings. The van der Waals surface area contributed by atoms with E-state index in [9.17, 15) is 9.18 Å². The van der Waals surface area contributed by atoms with Crippen LogP contribution in [0, 0.1) is 5.82 Å². The van der Waals surface area contributed by atoms with Gasteiger partial charge in [-0.15, -0.1) is 0 Å². The van der Waals surface area contributed by atoms with Gasteiger partial charge in [-0.05, 0) is 44.3 Å². The van der Waals surface area contributed by atoms with Crippen molar-refractivity contribution >= 4 is 16.8 Å². The van der Waals surface area contributed by atoms with E-state index in [0.717, 1.165) is 43.5 Å². The Morgan fingerprint density at radius 2 is 2.05 bits per heavy atom. The number of likely N-dealkylation sites (N-methyl/N-ethyl adjacent to an activating group) is 1. The minimum Gasteiger partial charge on any atom is -0.351 e. The number of fused-ring (bicyclic) bond motifs is 1. The molecule has 0 atom stereocenters. The van der Waals surface area contributed by atoms with Crippen LogP contribution in [0.2, 0.25) is 0 Å². The van der Waals surface area contributed by atoms with Crippen molar-refractivity contribution in [2.45, 2.75) is 6.42 Å². The molecule has 4 nitrogen and oxygen atoms in total. The molecule has 0 bridgehead atoms. The standard InChI is InChI=1S/C15H18FN3O/c1-18-5-2-6-19(8-7-18)15(20)14-10-11-9-12(16)3-4-13(11)17-14/h3-4,9-10,17H,2,5-8H2,1H3. The topological polar surface area (TPSA) is 39.3 Å². The van der Waals surface area contributed by atoms with Crippen molar-refractivity contribution in [2.24, 2.45) is 0 Å². The van der Waals surface area contributed by atoms with Gasteiger partial charge in [0.05, 0.1) is 0 Å². The SMILES string of the molecule is CN1CCCN(C(=O)c2cc3cc(F)ccc3[nH]2)CC1. The van der Waals surface area contributed by atoms with Crippen LogP contribution in [-0.4, -0.2) is 53.9 Å². The van der Waals surface area contributed by atoms with Gasteiger partial charge in [-0.3, -0.25) is 4.79 Å². The van der Waals surface area contributed by atoms with Crippen LogP contribution in [0.25, 0.3) is 10.9 Å². The molecule has 1 saturated heterocycles. The number of H-pyrrole nitrogens is 1. The third kappa shape index (κ3) is 2.54. The number of rotatable bonds is 1. The Bertz CT molecular complexity index is 637. The normalized spacial score (nSPS) is 17.4. The molecule has 1 N–H and O–H groups in total. The molecule has 1 amide bonds. The van der Waals surface area contributed by atoms with Crippen molar-refractivity contribution in [2.75, 3.05) is 33.2 Å². The highest BCUT2D eigenvalue weighted by Crippen LogP contribution is 2.18.